The van der Waals surface area contributed by atoms with Crippen LogP contribution in [0.2, 0.25) is 0 Å². The molecule has 122 valence electrons. The zero-order valence-electron chi connectivity index (χ0n) is 13.2. The van der Waals surface area contributed by atoms with E-state index in [0.29, 0.717) is 0 Å². The summed E-state index contributed by atoms with van der Waals surface area (Å²) in [6.07, 6.45) is 0. The molecule has 1 heterocycles. The summed E-state index contributed by atoms with van der Waals surface area (Å²) in [7, 11) is 0. The fourth-order valence-corrected chi connectivity index (χ4v) is 2.10. The van der Waals surface area contributed by atoms with Gasteiger partial charge in [-0.15, -0.1) is 0 Å². The van der Waals surface area contributed by atoms with Crippen LogP contribution in [-0.2, 0) is 11.3 Å². The standard InChI is InChI=1S/C16H19N3O4/c1-9(2)10(3)17-13(20)8-19-15(21)12-7-5-4-6-11(12)14(18-19)16(22)23/h4-7,9-10H,8H2,1-3H3,(H,17,20)(H,22,23). The highest BCUT2D eigenvalue weighted by molar-refractivity contribution is 6.01. The number of carbonyl (C=O) groups excluding carboxylic acids is 1. The van der Waals surface area contributed by atoms with Gasteiger partial charge in [0.25, 0.3) is 5.56 Å². The molecule has 2 rings (SSSR count). The third-order valence-corrected chi connectivity index (χ3v) is 3.75. The first-order valence-electron chi connectivity index (χ1n) is 7.33. The van der Waals surface area contributed by atoms with Gasteiger partial charge in [0.05, 0.1) is 5.39 Å². The molecule has 1 aromatic heterocycles. The van der Waals surface area contributed by atoms with E-state index < -0.39 is 11.5 Å². The highest BCUT2D eigenvalue weighted by Gasteiger charge is 2.18. The number of carboxylic acids is 1. The lowest BCUT2D eigenvalue weighted by Gasteiger charge is -2.17. The maximum absolute atomic E-state index is 12.4. The Morgan fingerprint density at radius 3 is 2.39 bits per heavy atom. The molecule has 1 atom stereocenters. The van der Waals surface area contributed by atoms with E-state index in [9.17, 15) is 19.5 Å². The van der Waals surface area contributed by atoms with Gasteiger partial charge in [-0.1, -0.05) is 32.0 Å². The molecule has 0 spiro atoms. The minimum Gasteiger partial charge on any atom is -0.476 e. The van der Waals surface area contributed by atoms with Crippen LogP contribution in [0.3, 0.4) is 0 Å². The molecule has 7 nitrogen and oxygen atoms in total. The number of aromatic carboxylic acids is 1. The predicted octanol–water partition coefficient (Wildman–Crippen LogP) is 1.26. The highest BCUT2D eigenvalue weighted by Crippen LogP contribution is 2.13. The highest BCUT2D eigenvalue weighted by atomic mass is 16.4. The number of carbonyl (C=O) groups is 2. The quantitative estimate of drug-likeness (QED) is 0.864. The maximum Gasteiger partial charge on any atom is 0.357 e. The van der Waals surface area contributed by atoms with Gasteiger partial charge in [0.15, 0.2) is 5.69 Å². The number of benzene rings is 1. The van der Waals surface area contributed by atoms with Crippen LogP contribution in [0.4, 0.5) is 0 Å². The molecule has 1 amide bonds. The van der Waals surface area contributed by atoms with Crippen LogP contribution in [0.5, 0.6) is 0 Å². The summed E-state index contributed by atoms with van der Waals surface area (Å²) in [5, 5.41) is 16.4. The van der Waals surface area contributed by atoms with Crippen molar-refractivity contribution in [3.63, 3.8) is 0 Å². The number of aromatic nitrogens is 2. The van der Waals surface area contributed by atoms with Crippen LogP contribution in [0.25, 0.3) is 10.8 Å². The molecule has 23 heavy (non-hydrogen) atoms. The largest absolute Gasteiger partial charge is 0.476 e. The molecule has 0 fully saturated rings. The molecule has 0 saturated carbocycles. The Labute approximate surface area is 132 Å². The Kier molecular flexibility index (Phi) is 4.78. The first kappa shape index (κ1) is 16.7. The normalized spacial score (nSPS) is 12.3. The molecule has 0 aliphatic rings. The molecule has 0 bridgehead atoms. The van der Waals surface area contributed by atoms with Crippen molar-refractivity contribution in [3.8, 4) is 0 Å². The number of rotatable bonds is 5. The first-order chi connectivity index (χ1) is 10.8. The van der Waals surface area contributed by atoms with Gasteiger partial charge in [-0.25, -0.2) is 9.48 Å². The topological polar surface area (TPSA) is 101 Å². The average Bonchev–Trinajstić information content (AvgIpc) is 2.49. The number of fused-ring (bicyclic) bond motifs is 1. The number of amides is 1. The van der Waals surface area contributed by atoms with Gasteiger partial charge in [0.2, 0.25) is 5.91 Å². The molecule has 0 aliphatic heterocycles. The summed E-state index contributed by atoms with van der Waals surface area (Å²) in [6.45, 7) is 5.48. The van der Waals surface area contributed by atoms with E-state index in [-0.39, 0.29) is 40.9 Å². The van der Waals surface area contributed by atoms with Crippen LogP contribution in [0, 0.1) is 5.92 Å². The van der Waals surface area contributed by atoms with Crippen molar-refractivity contribution in [2.24, 2.45) is 5.92 Å². The fraction of sp³-hybridized carbons (Fsp3) is 0.375. The second-order valence-corrected chi connectivity index (χ2v) is 5.76. The average molecular weight is 317 g/mol. The lowest BCUT2D eigenvalue weighted by atomic mass is 10.1. The Balaban J connectivity index is 2.42. The van der Waals surface area contributed by atoms with Crippen molar-refractivity contribution < 1.29 is 14.7 Å². The first-order valence-corrected chi connectivity index (χ1v) is 7.33. The van der Waals surface area contributed by atoms with Crippen molar-refractivity contribution in [2.75, 3.05) is 0 Å². The zero-order chi connectivity index (χ0) is 17.1. The number of hydrogen-bond acceptors (Lipinski definition) is 4. The van der Waals surface area contributed by atoms with Gasteiger partial charge in [-0.2, -0.15) is 5.10 Å². The summed E-state index contributed by atoms with van der Waals surface area (Å²) in [5.74, 6) is -1.38. The Bertz CT molecular complexity index is 811. The van der Waals surface area contributed by atoms with Crippen LogP contribution < -0.4 is 10.9 Å². The van der Waals surface area contributed by atoms with Gasteiger partial charge in [0.1, 0.15) is 6.54 Å². The molecule has 7 heteroatoms. The molecule has 2 aromatic rings. The minimum atomic E-state index is -1.24. The van der Waals surface area contributed by atoms with Crippen LogP contribution in [0.1, 0.15) is 31.3 Å². The second-order valence-electron chi connectivity index (χ2n) is 5.76. The lowest BCUT2D eigenvalue weighted by Crippen LogP contribution is -2.40. The Morgan fingerprint density at radius 1 is 1.22 bits per heavy atom. The van der Waals surface area contributed by atoms with Crippen molar-refractivity contribution >= 4 is 22.6 Å². The van der Waals surface area contributed by atoms with Gasteiger partial charge in [-0.05, 0) is 18.9 Å². The van der Waals surface area contributed by atoms with Crippen LogP contribution in [0.15, 0.2) is 29.1 Å². The third-order valence-electron chi connectivity index (χ3n) is 3.75. The minimum absolute atomic E-state index is 0.0578. The molecule has 1 unspecified atom stereocenters. The molecule has 2 N–H and O–H groups in total. The summed E-state index contributed by atoms with van der Waals surface area (Å²) >= 11 is 0. The number of carboxylic acid groups (broad SMARTS) is 1. The molecular weight excluding hydrogens is 298 g/mol. The zero-order valence-corrected chi connectivity index (χ0v) is 13.2. The SMILES string of the molecule is CC(C)C(C)NC(=O)Cn1nc(C(=O)O)c2ccccc2c1=O. The fourth-order valence-electron chi connectivity index (χ4n) is 2.10. The van der Waals surface area contributed by atoms with E-state index in [2.05, 4.69) is 10.4 Å². The van der Waals surface area contributed by atoms with Crippen molar-refractivity contribution in [3.05, 3.63) is 40.3 Å². The summed E-state index contributed by atoms with van der Waals surface area (Å²) < 4.78 is 0.897. The molecule has 0 aliphatic carbocycles. The van der Waals surface area contributed by atoms with Crippen molar-refractivity contribution in [2.45, 2.75) is 33.4 Å². The van der Waals surface area contributed by atoms with Crippen LogP contribution in [-0.4, -0.2) is 32.8 Å². The van der Waals surface area contributed by atoms with E-state index in [1.165, 1.54) is 12.1 Å². The number of hydrogen-bond donors (Lipinski definition) is 2. The molecular formula is C16H19N3O4. The molecule has 0 saturated heterocycles. The lowest BCUT2D eigenvalue weighted by molar-refractivity contribution is -0.122. The number of nitrogens with one attached hydrogen (secondary N) is 1. The van der Waals surface area contributed by atoms with E-state index in [4.69, 9.17) is 0 Å². The van der Waals surface area contributed by atoms with E-state index in [1.54, 1.807) is 12.1 Å². The third kappa shape index (κ3) is 3.56. The van der Waals surface area contributed by atoms with E-state index in [0.717, 1.165) is 4.68 Å². The van der Waals surface area contributed by atoms with Gasteiger partial charge in [-0.3, -0.25) is 9.59 Å². The van der Waals surface area contributed by atoms with Crippen LogP contribution >= 0.6 is 0 Å². The Morgan fingerprint density at radius 2 is 1.83 bits per heavy atom. The van der Waals surface area contributed by atoms with Crippen molar-refractivity contribution in [1.29, 1.82) is 0 Å². The van der Waals surface area contributed by atoms with Gasteiger partial charge >= 0.3 is 5.97 Å². The Hall–Kier alpha value is -2.70. The smallest absolute Gasteiger partial charge is 0.357 e. The summed E-state index contributed by atoms with van der Waals surface area (Å²) in [6, 6.07) is 6.27. The molecule has 1 aromatic carbocycles. The van der Waals surface area contributed by atoms with Gasteiger partial charge in [0, 0.05) is 11.4 Å². The van der Waals surface area contributed by atoms with Crippen molar-refractivity contribution in [1.82, 2.24) is 15.1 Å². The summed E-state index contributed by atoms with van der Waals surface area (Å²) in [4.78, 5) is 35.8. The van der Waals surface area contributed by atoms with E-state index in [1.807, 2.05) is 20.8 Å². The van der Waals surface area contributed by atoms with Gasteiger partial charge < -0.3 is 10.4 Å². The second kappa shape index (κ2) is 6.60. The monoisotopic (exact) mass is 317 g/mol. The molecule has 0 radical (unpaired) electrons. The maximum atomic E-state index is 12.4. The predicted molar refractivity (Wildman–Crippen MR) is 85.4 cm³/mol. The van der Waals surface area contributed by atoms with E-state index >= 15 is 0 Å². The number of nitrogens with zero attached hydrogens (tertiary/aromatic N) is 2. The summed E-state index contributed by atoms with van der Waals surface area (Å²) in [5.41, 5.74) is -0.733.